The third kappa shape index (κ3) is 15.3. The molecule has 0 radical (unpaired) electrons. The molecule has 0 spiro atoms. The fraction of sp³-hybridized carbons (Fsp3) is 0.706. The van der Waals surface area contributed by atoms with Crippen molar-refractivity contribution < 1.29 is 69.1 Å². The summed E-state index contributed by atoms with van der Waals surface area (Å²) in [7, 11) is 0. The van der Waals surface area contributed by atoms with Crippen LogP contribution in [0.3, 0.4) is 0 Å². The zero-order valence-electron chi connectivity index (χ0n) is 29.8. The van der Waals surface area contributed by atoms with E-state index in [9.17, 15) is 54.9 Å². The van der Waals surface area contributed by atoms with Crippen LogP contribution in [0.4, 0.5) is 0 Å². The van der Waals surface area contributed by atoms with Gasteiger partial charge in [-0.3, -0.25) is 34.0 Å². The molecule has 1 aromatic carbocycles. The minimum Gasteiger partial charge on any atom is -0.548 e. The normalized spacial score (nSPS) is 18.4. The molecule has 0 bridgehead atoms. The van der Waals surface area contributed by atoms with E-state index in [1.165, 1.54) is 14.7 Å². The van der Waals surface area contributed by atoms with Crippen LogP contribution >= 0.6 is 0 Å². The lowest BCUT2D eigenvalue weighted by Gasteiger charge is -2.40. The van der Waals surface area contributed by atoms with Crippen LogP contribution < -0.4 is 9.84 Å². The molecular formula is C34H55N4O14-. The van der Waals surface area contributed by atoms with E-state index in [1.54, 1.807) is 4.90 Å². The van der Waals surface area contributed by atoms with Crippen LogP contribution in [0.15, 0.2) is 24.3 Å². The van der Waals surface area contributed by atoms with E-state index in [-0.39, 0.29) is 58.8 Å². The summed E-state index contributed by atoms with van der Waals surface area (Å²) in [4.78, 5) is 54.4. The van der Waals surface area contributed by atoms with Gasteiger partial charge >= 0.3 is 17.9 Å². The first-order chi connectivity index (χ1) is 25.0. The minimum absolute atomic E-state index is 0.00477. The van der Waals surface area contributed by atoms with E-state index in [2.05, 4.69) is 0 Å². The van der Waals surface area contributed by atoms with Crippen LogP contribution in [-0.2, 0) is 35.1 Å². The highest BCUT2D eigenvalue weighted by atomic mass is 16.5. The number of carboxylic acid groups (broad SMARTS) is 4. The van der Waals surface area contributed by atoms with E-state index in [4.69, 9.17) is 14.2 Å². The highest BCUT2D eigenvalue weighted by Crippen LogP contribution is 2.17. The standard InChI is InChI=1S/C34H56N4O14/c1-2-50-18-19-51-20-21-52-26-8-6-25(7-9-26)4-3-5-27(31(42)43)35-10-12-36(28(22-39)32(44)45)14-16-38(30(24-41)34(48)49)17-15-37(13-11-35)29(23-40)33(46)47/h6-9,27-30,39-41H,2-5,10-24H2,1H3,(H,42,43)(H,44,45)(H,46,47)(H,48,49)/p-1/t27-,28-,29-,30-/m0/s1. The Morgan fingerprint density at radius 1 is 0.635 bits per heavy atom. The summed E-state index contributed by atoms with van der Waals surface area (Å²) in [5.41, 5.74) is 0.953. The first-order valence-corrected chi connectivity index (χ1v) is 17.5. The van der Waals surface area contributed by atoms with Gasteiger partial charge in [-0.1, -0.05) is 12.1 Å². The van der Waals surface area contributed by atoms with Crippen LogP contribution in [0, 0.1) is 0 Å². The third-order valence-corrected chi connectivity index (χ3v) is 9.05. The summed E-state index contributed by atoms with van der Waals surface area (Å²) in [6, 6.07) is 2.11. The number of benzene rings is 1. The molecule has 296 valence electrons. The zero-order chi connectivity index (χ0) is 38.5. The second kappa shape index (κ2) is 24.7. The summed E-state index contributed by atoms with van der Waals surface area (Å²) < 4.78 is 16.4. The first kappa shape index (κ1) is 44.7. The van der Waals surface area contributed by atoms with Crippen molar-refractivity contribution in [2.45, 2.75) is 50.4 Å². The van der Waals surface area contributed by atoms with Crippen LogP contribution in [0.2, 0.25) is 0 Å². The Kier molecular flexibility index (Phi) is 21.2. The van der Waals surface area contributed by atoms with Gasteiger partial charge in [-0.2, -0.15) is 0 Å². The summed E-state index contributed by atoms with van der Waals surface area (Å²) >= 11 is 0. The van der Waals surface area contributed by atoms with E-state index < -0.39 is 67.9 Å². The number of carbonyl (C=O) groups is 4. The van der Waals surface area contributed by atoms with Crippen molar-refractivity contribution in [3.63, 3.8) is 0 Å². The van der Waals surface area contributed by atoms with Gasteiger partial charge in [0.25, 0.3) is 0 Å². The van der Waals surface area contributed by atoms with Gasteiger partial charge in [0.05, 0.1) is 51.7 Å². The quantitative estimate of drug-likeness (QED) is 0.0616. The molecule has 1 fully saturated rings. The highest BCUT2D eigenvalue weighted by Gasteiger charge is 2.33. The van der Waals surface area contributed by atoms with Crippen molar-refractivity contribution in [1.82, 2.24) is 19.6 Å². The number of aliphatic hydroxyl groups is 3. The number of nitrogens with zero attached hydrogens (tertiary/aromatic N) is 4. The maximum Gasteiger partial charge on any atom is 0.323 e. The number of carbonyl (C=O) groups excluding carboxylic acids is 1. The number of carboxylic acids is 4. The zero-order valence-corrected chi connectivity index (χ0v) is 29.8. The van der Waals surface area contributed by atoms with Gasteiger partial charge in [0, 0.05) is 59.0 Å². The summed E-state index contributed by atoms with van der Waals surface area (Å²) in [5, 5.41) is 71.5. The maximum atomic E-state index is 12.7. The summed E-state index contributed by atoms with van der Waals surface area (Å²) in [6.07, 6.45) is 1.21. The molecule has 6 N–H and O–H groups in total. The van der Waals surface area contributed by atoms with Gasteiger partial charge in [-0.15, -0.1) is 0 Å². The molecule has 0 amide bonds. The van der Waals surface area contributed by atoms with Gasteiger partial charge in [-0.05, 0) is 43.9 Å². The molecule has 1 heterocycles. The molecule has 18 nitrogen and oxygen atoms in total. The van der Waals surface area contributed by atoms with Gasteiger partial charge in [-0.25, -0.2) is 0 Å². The van der Waals surface area contributed by atoms with Crippen molar-refractivity contribution >= 4 is 23.9 Å². The number of ether oxygens (including phenoxy) is 3. The lowest BCUT2D eigenvalue weighted by atomic mass is 10.0. The van der Waals surface area contributed by atoms with Crippen LogP contribution in [0.5, 0.6) is 5.75 Å². The molecule has 1 aromatic rings. The highest BCUT2D eigenvalue weighted by molar-refractivity contribution is 5.74. The molecule has 0 aromatic heterocycles. The number of rotatable bonds is 23. The van der Waals surface area contributed by atoms with Crippen molar-refractivity contribution in [2.75, 3.05) is 105 Å². The molecule has 1 saturated heterocycles. The van der Waals surface area contributed by atoms with Gasteiger partial charge in [0.2, 0.25) is 0 Å². The lowest BCUT2D eigenvalue weighted by Crippen LogP contribution is -2.58. The van der Waals surface area contributed by atoms with Crippen LogP contribution in [0.25, 0.3) is 0 Å². The molecule has 2 rings (SSSR count). The molecule has 1 aliphatic heterocycles. The second-order valence-corrected chi connectivity index (χ2v) is 12.3. The first-order valence-electron chi connectivity index (χ1n) is 17.5. The molecule has 1 aliphatic rings. The van der Waals surface area contributed by atoms with Crippen molar-refractivity contribution in [3.05, 3.63) is 29.8 Å². The van der Waals surface area contributed by atoms with Gasteiger partial charge in [0.15, 0.2) is 0 Å². The predicted octanol–water partition coefficient (Wildman–Crippen LogP) is -2.88. The fourth-order valence-corrected chi connectivity index (χ4v) is 6.06. The molecule has 4 atom stereocenters. The monoisotopic (exact) mass is 743 g/mol. The Balaban J connectivity index is 2.22. The average molecular weight is 744 g/mol. The summed E-state index contributed by atoms with van der Waals surface area (Å²) in [5.74, 6) is -4.72. The van der Waals surface area contributed by atoms with Crippen LogP contribution in [-0.4, -0.2) is 203 Å². The molecular weight excluding hydrogens is 688 g/mol. The molecule has 0 aliphatic carbocycles. The predicted molar refractivity (Wildman–Crippen MR) is 183 cm³/mol. The van der Waals surface area contributed by atoms with Crippen molar-refractivity contribution in [2.24, 2.45) is 0 Å². The Labute approximate surface area is 303 Å². The Bertz CT molecular complexity index is 1170. The summed E-state index contributed by atoms with van der Waals surface area (Å²) in [6.45, 7) is 1.52. The molecule has 52 heavy (non-hydrogen) atoms. The average Bonchev–Trinajstić information content (AvgIpc) is 3.10. The van der Waals surface area contributed by atoms with Crippen LogP contribution in [0.1, 0.15) is 25.3 Å². The second-order valence-electron chi connectivity index (χ2n) is 12.3. The third-order valence-electron chi connectivity index (χ3n) is 9.05. The largest absolute Gasteiger partial charge is 0.548 e. The van der Waals surface area contributed by atoms with Crippen molar-refractivity contribution in [1.29, 1.82) is 0 Å². The number of hydrogen-bond donors (Lipinski definition) is 6. The van der Waals surface area contributed by atoms with E-state index in [0.717, 1.165) is 5.56 Å². The van der Waals surface area contributed by atoms with E-state index in [1.807, 2.05) is 31.2 Å². The smallest absolute Gasteiger partial charge is 0.323 e. The lowest BCUT2D eigenvalue weighted by molar-refractivity contribution is -0.312. The van der Waals surface area contributed by atoms with E-state index in [0.29, 0.717) is 51.6 Å². The number of aliphatic carboxylic acids is 4. The van der Waals surface area contributed by atoms with E-state index >= 15 is 0 Å². The van der Waals surface area contributed by atoms with Gasteiger partial charge in [0.1, 0.15) is 30.5 Å². The van der Waals surface area contributed by atoms with Gasteiger partial charge < -0.3 is 54.8 Å². The molecule has 18 heteroatoms. The number of aryl methyl sites for hydroxylation is 1. The topological polar surface area (TPSA) is 253 Å². The number of hydrogen-bond acceptors (Lipinski definition) is 15. The minimum atomic E-state index is -1.57. The SMILES string of the molecule is CCOCCOCCOc1ccc(CCC[C@@H](C(=O)O)N2CCN([C@@H](CO)C(=O)[O-])CCN([C@@H](CO)C(=O)O)CCN([C@@H](CO)C(=O)O)CC2)cc1. The Morgan fingerprint density at radius 2 is 1.04 bits per heavy atom. The maximum absolute atomic E-state index is 12.7. The fourth-order valence-electron chi connectivity index (χ4n) is 6.06. The Hall–Kier alpha value is -3.46. The Morgan fingerprint density at radius 3 is 1.44 bits per heavy atom. The molecule has 0 saturated carbocycles. The van der Waals surface area contributed by atoms with Crippen molar-refractivity contribution in [3.8, 4) is 5.75 Å². The number of aliphatic hydroxyl groups excluding tert-OH is 3. The molecule has 0 unspecified atom stereocenters.